The average molecular weight is 532 g/mol. The molecule has 7 heteroatoms. The average Bonchev–Trinajstić information content (AvgIpc) is 3.24. The number of benzene rings is 3. The number of aromatic nitrogens is 1. The van der Waals surface area contributed by atoms with E-state index in [1.165, 1.54) is 24.8 Å². The zero-order valence-corrected chi connectivity index (χ0v) is 22.0. The summed E-state index contributed by atoms with van der Waals surface area (Å²) in [7, 11) is -3.19. The highest BCUT2D eigenvalue weighted by molar-refractivity contribution is 7.90. The summed E-state index contributed by atoms with van der Waals surface area (Å²) in [5.41, 5.74) is 5.52. The molecule has 5 rings (SSSR count). The molecule has 0 unspecified atom stereocenters. The Bertz CT molecular complexity index is 1500. The van der Waals surface area contributed by atoms with Crippen LogP contribution >= 0.6 is 0 Å². The third kappa shape index (κ3) is 6.34. The van der Waals surface area contributed by atoms with E-state index in [1.54, 1.807) is 13.0 Å². The molecule has 2 heterocycles. The number of likely N-dealkylation sites (tertiary alicyclic amines) is 1. The number of H-pyrrole nitrogens is 1. The SMILES string of the molecule is C.CCS(=O)(=O)Cc1ccc2[nH]c(O)c(C(=Nc3ccc(CN4CCCCC4)cc3)c3ccccc3)c2c1. The molecule has 1 aliphatic rings. The Morgan fingerprint density at radius 1 is 0.947 bits per heavy atom. The summed E-state index contributed by atoms with van der Waals surface area (Å²) in [6.45, 7) is 4.90. The molecule has 38 heavy (non-hydrogen) atoms. The number of hydrogen-bond donors (Lipinski definition) is 2. The molecule has 1 saturated heterocycles. The van der Waals surface area contributed by atoms with Gasteiger partial charge in [-0.25, -0.2) is 13.4 Å². The largest absolute Gasteiger partial charge is 0.494 e. The van der Waals surface area contributed by atoms with Crippen molar-refractivity contribution in [3.8, 4) is 5.88 Å². The van der Waals surface area contributed by atoms with Crippen LogP contribution in [0.1, 0.15) is 55.9 Å². The fraction of sp³-hybridized carbons (Fsp3) is 0.323. The second-order valence-corrected chi connectivity index (χ2v) is 12.1. The first-order valence-corrected chi connectivity index (χ1v) is 14.7. The number of aromatic amines is 1. The molecule has 1 aromatic heterocycles. The Labute approximate surface area is 226 Å². The lowest BCUT2D eigenvalue weighted by molar-refractivity contribution is 0.221. The number of nitrogens with one attached hydrogen (secondary N) is 1. The zero-order chi connectivity index (χ0) is 25.8. The fourth-order valence-electron chi connectivity index (χ4n) is 4.95. The monoisotopic (exact) mass is 531 g/mol. The van der Waals surface area contributed by atoms with E-state index in [-0.39, 0.29) is 24.8 Å². The summed E-state index contributed by atoms with van der Waals surface area (Å²) >= 11 is 0. The summed E-state index contributed by atoms with van der Waals surface area (Å²) in [6, 6.07) is 23.5. The number of fused-ring (bicyclic) bond motifs is 1. The third-order valence-electron chi connectivity index (χ3n) is 6.99. The molecule has 1 aliphatic heterocycles. The molecular weight excluding hydrogens is 494 g/mol. The number of sulfone groups is 1. The van der Waals surface area contributed by atoms with Gasteiger partial charge in [0.25, 0.3) is 0 Å². The van der Waals surface area contributed by atoms with Crippen molar-refractivity contribution in [2.24, 2.45) is 4.99 Å². The highest BCUT2D eigenvalue weighted by Crippen LogP contribution is 2.32. The van der Waals surface area contributed by atoms with Crippen molar-refractivity contribution in [3.63, 3.8) is 0 Å². The first-order valence-electron chi connectivity index (χ1n) is 12.9. The summed E-state index contributed by atoms with van der Waals surface area (Å²) in [6.07, 6.45) is 3.86. The summed E-state index contributed by atoms with van der Waals surface area (Å²) in [5.74, 6) is 0.0526. The number of nitrogens with zero attached hydrogens (tertiary/aromatic N) is 2. The second kappa shape index (κ2) is 12.0. The van der Waals surface area contributed by atoms with E-state index >= 15 is 0 Å². The molecule has 200 valence electrons. The van der Waals surface area contributed by atoms with E-state index in [4.69, 9.17) is 4.99 Å². The minimum Gasteiger partial charge on any atom is -0.494 e. The Morgan fingerprint density at radius 3 is 2.32 bits per heavy atom. The van der Waals surface area contributed by atoms with Crippen molar-refractivity contribution in [1.29, 1.82) is 0 Å². The minimum atomic E-state index is -3.19. The summed E-state index contributed by atoms with van der Waals surface area (Å²) in [4.78, 5) is 10.5. The van der Waals surface area contributed by atoms with Crippen LogP contribution in [0.25, 0.3) is 10.9 Å². The van der Waals surface area contributed by atoms with E-state index in [1.807, 2.05) is 54.6 Å². The van der Waals surface area contributed by atoms with Gasteiger partial charge in [0.1, 0.15) is 0 Å². The maximum atomic E-state index is 12.3. The molecule has 0 radical (unpaired) electrons. The highest BCUT2D eigenvalue weighted by atomic mass is 32.2. The quantitative estimate of drug-likeness (QED) is 0.251. The molecular formula is C31H37N3O3S. The minimum absolute atomic E-state index is 0. The van der Waals surface area contributed by atoms with E-state index < -0.39 is 9.84 Å². The van der Waals surface area contributed by atoms with Crippen molar-refractivity contribution < 1.29 is 13.5 Å². The number of piperidine rings is 1. The number of rotatable bonds is 8. The molecule has 0 saturated carbocycles. The van der Waals surface area contributed by atoms with Gasteiger partial charge in [-0.05, 0) is 61.3 Å². The molecule has 2 N–H and O–H groups in total. The van der Waals surface area contributed by atoms with Crippen molar-refractivity contribution in [1.82, 2.24) is 9.88 Å². The second-order valence-electron chi connectivity index (χ2n) is 9.73. The van der Waals surface area contributed by atoms with Gasteiger partial charge in [-0.3, -0.25) is 4.90 Å². The van der Waals surface area contributed by atoms with E-state index in [2.05, 4.69) is 22.0 Å². The lowest BCUT2D eigenvalue weighted by Gasteiger charge is -2.26. The third-order valence-corrected chi connectivity index (χ3v) is 8.64. The van der Waals surface area contributed by atoms with E-state index in [0.717, 1.165) is 41.8 Å². The predicted molar refractivity (Wildman–Crippen MR) is 157 cm³/mol. The predicted octanol–water partition coefficient (Wildman–Crippen LogP) is 6.60. The first kappa shape index (κ1) is 27.6. The van der Waals surface area contributed by atoms with E-state index in [0.29, 0.717) is 16.8 Å². The number of aliphatic imine (C=N–C) groups is 1. The molecule has 1 fully saturated rings. The summed E-state index contributed by atoms with van der Waals surface area (Å²) < 4.78 is 24.5. The Hall–Kier alpha value is -3.42. The highest BCUT2D eigenvalue weighted by Gasteiger charge is 2.20. The van der Waals surface area contributed by atoms with Gasteiger partial charge in [-0.15, -0.1) is 0 Å². The van der Waals surface area contributed by atoms with Gasteiger partial charge in [-0.2, -0.15) is 0 Å². The molecule has 0 bridgehead atoms. The van der Waals surface area contributed by atoms with E-state index in [9.17, 15) is 13.5 Å². The topological polar surface area (TPSA) is 85.8 Å². The Balaban J connectivity index is 0.00000336. The van der Waals surface area contributed by atoms with Gasteiger partial charge in [0.05, 0.1) is 22.7 Å². The van der Waals surface area contributed by atoms with Crippen LogP contribution in [0.3, 0.4) is 0 Å². The van der Waals surface area contributed by atoms with Gasteiger partial charge in [-0.1, -0.05) is 69.3 Å². The van der Waals surface area contributed by atoms with Crippen molar-refractivity contribution >= 4 is 32.1 Å². The van der Waals surface area contributed by atoms with Crippen LogP contribution in [-0.4, -0.2) is 48.0 Å². The fourth-order valence-corrected chi connectivity index (χ4v) is 5.84. The molecule has 0 atom stereocenters. The molecule has 0 aliphatic carbocycles. The van der Waals surface area contributed by atoms with Crippen LogP contribution in [0.2, 0.25) is 0 Å². The zero-order valence-electron chi connectivity index (χ0n) is 21.2. The maximum absolute atomic E-state index is 12.3. The molecule has 6 nitrogen and oxygen atoms in total. The molecule has 0 amide bonds. The molecule has 0 spiro atoms. The van der Waals surface area contributed by atoms with Crippen LogP contribution in [-0.2, 0) is 22.1 Å². The van der Waals surface area contributed by atoms with Crippen LogP contribution in [0.4, 0.5) is 5.69 Å². The summed E-state index contributed by atoms with van der Waals surface area (Å²) in [5, 5.41) is 11.7. The van der Waals surface area contributed by atoms with Gasteiger partial charge in [0.15, 0.2) is 15.7 Å². The van der Waals surface area contributed by atoms with Gasteiger partial charge >= 0.3 is 0 Å². The lowest BCUT2D eigenvalue weighted by Crippen LogP contribution is -2.28. The molecule has 4 aromatic rings. The van der Waals surface area contributed by atoms with Crippen LogP contribution in [0.5, 0.6) is 5.88 Å². The van der Waals surface area contributed by atoms with Crippen LogP contribution in [0.15, 0.2) is 77.8 Å². The Morgan fingerprint density at radius 2 is 1.63 bits per heavy atom. The molecule has 3 aromatic carbocycles. The van der Waals surface area contributed by atoms with Crippen molar-refractivity contribution in [2.75, 3.05) is 18.8 Å². The van der Waals surface area contributed by atoms with Crippen molar-refractivity contribution in [2.45, 2.75) is 45.9 Å². The van der Waals surface area contributed by atoms with Crippen LogP contribution in [0, 0.1) is 0 Å². The van der Waals surface area contributed by atoms with Crippen molar-refractivity contribution in [3.05, 3.63) is 95.1 Å². The normalized spacial score (nSPS) is 14.9. The standard InChI is InChI=1S/C30H33N3O3S.CH4/c1-2-37(35,36)21-23-13-16-27-26(19-23)28(30(34)32-27)29(24-9-5-3-6-10-24)31-25-14-11-22(12-15-25)20-33-17-7-4-8-18-33;/h3,5-6,9-16,19,32,34H,2,4,7-8,17-18,20-21H2,1H3;1H4. The maximum Gasteiger partial charge on any atom is 0.199 e. The van der Waals surface area contributed by atoms with Gasteiger partial charge in [0, 0.05) is 28.8 Å². The lowest BCUT2D eigenvalue weighted by atomic mass is 10.00. The number of aromatic hydroxyl groups is 1. The first-order chi connectivity index (χ1) is 17.9. The van der Waals surface area contributed by atoms with Gasteiger partial charge in [0.2, 0.25) is 0 Å². The number of hydrogen-bond acceptors (Lipinski definition) is 5. The Kier molecular flexibility index (Phi) is 8.69. The van der Waals surface area contributed by atoms with Gasteiger partial charge < -0.3 is 10.1 Å². The smallest absolute Gasteiger partial charge is 0.199 e. The van der Waals surface area contributed by atoms with Crippen LogP contribution < -0.4 is 0 Å².